The number of hydrogen-bond acceptors (Lipinski definition) is 4. The average Bonchev–Trinajstić information content (AvgIpc) is 3.10. The van der Waals surface area contributed by atoms with Crippen molar-refractivity contribution < 1.29 is 9.18 Å². The monoisotopic (exact) mass is 468 g/mol. The van der Waals surface area contributed by atoms with Crippen molar-refractivity contribution >= 4 is 40.3 Å². The van der Waals surface area contributed by atoms with Gasteiger partial charge in [-0.15, -0.1) is 0 Å². The number of amides is 1. The summed E-state index contributed by atoms with van der Waals surface area (Å²) in [5, 5.41) is 4.11. The molecule has 5 nitrogen and oxygen atoms in total. The van der Waals surface area contributed by atoms with Gasteiger partial charge in [-0.25, -0.2) is 9.37 Å². The number of benzene rings is 2. The molecule has 32 heavy (non-hydrogen) atoms. The maximum atomic E-state index is 13.4. The summed E-state index contributed by atoms with van der Waals surface area (Å²) in [4.78, 5) is 21.2. The second-order valence-corrected chi connectivity index (χ2v) is 9.04. The number of hydrogen-bond donors (Lipinski definition) is 1. The number of fused-ring (bicyclic) bond motifs is 1. The normalized spacial score (nSPS) is 11.3. The molecular weight excluding hydrogens is 447 g/mol. The van der Waals surface area contributed by atoms with E-state index in [0.29, 0.717) is 22.9 Å². The summed E-state index contributed by atoms with van der Waals surface area (Å²) in [6.07, 6.45) is 3.51. The Hall–Kier alpha value is -2.90. The van der Waals surface area contributed by atoms with Gasteiger partial charge >= 0.3 is 0 Å². The molecule has 0 fully saturated rings. The molecular formula is C24H22ClFN4OS. The predicted octanol–water partition coefficient (Wildman–Crippen LogP) is 5.70. The lowest BCUT2D eigenvalue weighted by atomic mass is 10.1. The zero-order valence-electron chi connectivity index (χ0n) is 17.7. The molecule has 1 N–H and O–H groups in total. The van der Waals surface area contributed by atoms with Gasteiger partial charge < -0.3 is 9.88 Å². The lowest BCUT2D eigenvalue weighted by Gasteiger charge is -2.11. The van der Waals surface area contributed by atoms with Crippen molar-refractivity contribution in [3.05, 3.63) is 88.5 Å². The van der Waals surface area contributed by atoms with Gasteiger partial charge in [0.25, 0.3) is 5.91 Å². The predicted molar refractivity (Wildman–Crippen MR) is 127 cm³/mol. The van der Waals surface area contributed by atoms with Crippen LogP contribution in [-0.2, 0) is 12.3 Å². The molecule has 0 aliphatic rings. The van der Waals surface area contributed by atoms with Crippen molar-refractivity contribution in [3.8, 4) is 0 Å². The standard InChI is InChI=1S/C24H22ClFN4OS/c1-15(2)28-23(31)17-5-3-16(4-6-17)13-30-22-12-27-10-9-21(22)29-24(30)32-14-18-7-8-19(26)11-20(18)25/h3-12,15H,13-14H2,1-2H3,(H,28,31). The Kier molecular flexibility index (Phi) is 6.77. The lowest BCUT2D eigenvalue weighted by Crippen LogP contribution is -2.29. The fraction of sp³-hybridized carbons (Fsp3) is 0.208. The van der Waals surface area contributed by atoms with Gasteiger partial charge in [0.2, 0.25) is 0 Å². The molecule has 0 aliphatic heterocycles. The maximum Gasteiger partial charge on any atom is 0.251 e. The number of carbonyl (C=O) groups is 1. The Morgan fingerprint density at radius 1 is 1.19 bits per heavy atom. The molecule has 8 heteroatoms. The molecule has 4 aromatic rings. The number of aromatic nitrogens is 3. The highest BCUT2D eigenvalue weighted by molar-refractivity contribution is 7.98. The summed E-state index contributed by atoms with van der Waals surface area (Å²) < 4.78 is 15.4. The largest absolute Gasteiger partial charge is 0.350 e. The van der Waals surface area contributed by atoms with Crippen molar-refractivity contribution in [2.75, 3.05) is 0 Å². The van der Waals surface area contributed by atoms with Crippen LogP contribution in [0.15, 0.2) is 66.1 Å². The van der Waals surface area contributed by atoms with Crippen LogP contribution in [0.5, 0.6) is 0 Å². The third kappa shape index (κ3) is 5.11. The van der Waals surface area contributed by atoms with E-state index in [1.165, 1.54) is 23.9 Å². The van der Waals surface area contributed by atoms with Gasteiger partial charge in [0, 0.05) is 28.6 Å². The minimum Gasteiger partial charge on any atom is -0.350 e. The number of pyridine rings is 1. The highest BCUT2D eigenvalue weighted by Crippen LogP contribution is 2.30. The molecule has 2 heterocycles. The number of nitrogens with one attached hydrogen (secondary N) is 1. The summed E-state index contributed by atoms with van der Waals surface area (Å²) >= 11 is 7.73. The maximum absolute atomic E-state index is 13.4. The Morgan fingerprint density at radius 3 is 2.69 bits per heavy atom. The quantitative estimate of drug-likeness (QED) is 0.353. The van der Waals surface area contributed by atoms with Crippen LogP contribution in [0.1, 0.15) is 35.3 Å². The number of rotatable bonds is 7. The zero-order chi connectivity index (χ0) is 22.7. The number of halogens is 2. The van der Waals surface area contributed by atoms with E-state index in [-0.39, 0.29) is 17.8 Å². The van der Waals surface area contributed by atoms with Gasteiger partial charge in [0.15, 0.2) is 5.16 Å². The van der Waals surface area contributed by atoms with Crippen molar-refractivity contribution in [2.45, 2.75) is 37.3 Å². The summed E-state index contributed by atoms with van der Waals surface area (Å²) in [6.45, 7) is 4.44. The molecule has 0 spiro atoms. The number of thioether (sulfide) groups is 1. The zero-order valence-corrected chi connectivity index (χ0v) is 19.3. The van der Waals surface area contributed by atoms with Crippen LogP contribution in [0.25, 0.3) is 11.0 Å². The van der Waals surface area contributed by atoms with E-state index >= 15 is 0 Å². The van der Waals surface area contributed by atoms with Crippen LogP contribution in [0.3, 0.4) is 0 Å². The molecule has 0 saturated heterocycles. The van der Waals surface area contributed by atoms with Crippen LogP contribution in [0.2, 0.25) is 5.02 Å². The van der Waals surface area contributed by atoms with E-state index in [9.17, 15) is 9.18 Å². The van der Waals surface area contributed by atoms with E-state index < -0.39 is 0 Å². The fourth-order valence-corrected chi connectivity index (χ4v) is 4.61. The lowest BCUT2D eigenvalue weighted by molar-refractivity contribution is 0.0943. The minimum atomic E-state index is -0.354. The summed E-state index contributed by atoms with van der Waals surface area (Å²) in [5.74, 6) is 0.119. The Bertz CT molecular complexity index is 1260. The molecule has 2 aromatic carbocycles. The fourth-order valence-electron chi connectivity index (χ4n) is 3.28. The van der Waals surface area contributed by atoms with Gasteiger partial charge in [-0.05, 0) is 55.3 Å². The second-order valence-electron chi connectivity index (χ2n) is 7.69. The third-order valence-corrected chi connectivity index (χ3v) is 6.24. The molecule has 0 atom stereocenters. The second kappa shape index (κ2) is 9.71. The molecule has 164 valence electrons. The third-order valence-electron chi connectivity index (χ3n) is 4.86. The SMILES string of the molecule is CC(C)NC(=O)c1ccc(Cn2c(SCc3ccc(F)cc3Cl)nc3ccncc32)cc1. The van der Waals surface area contributed by atoms with Crippen molar-refractivity contribution in [1.29, 1.82) is 0 Å². The van der Waals surface area contributed by atoms with Crippen molar-refractivity contribution in [1.82, 2.24) is 19.9 Å². The van der Waals surface area contributed by atoms with Crippen LogP contribution in [-0.4, -0.2) is 26.5 Å². The van der Waals surface area contributed by atoms with Crippen molar-refractivity contribution in [3.63, 3.8) is 0 Å². The number of carbonyl (C=O) groups excluding carboxylic acids is 1. The van der Waals surface area contributed by atoms with Gasteiger partial charge in [-0.2, -0.15) is 0 Å². The highest BCUT2D eigenvalue weighted by Gasteiger charge is 2.14. The minimum absolute atomic E-state index is 0.0844. The van der Waals surface area contributed by atoms with Crippen LogP contribution in [0.4, 0.5) is 4.39 Å². The van der Waals surface area contributed by atoms with Gasteiger partial charge in [0.05, 0.1) is 23.8 Å². The summed E-state index contributed by atoms with van der Waals surface area (Å²) in [5.41, 5.74) is 4.27. The molecule has 0 unspecified atom stereocenters. The average molecular weight is 469 g/mol. The Morgan fingerprint density at radius 2 is 1.97 bits per heavy atom. The molecule has 0 radical (unpaired) electrons. The summed E-state index contributed by atoms with van der Waals surface area (Å²) in [6, 6.07) is 13.9. The summed E-state index contributed by atoms with van der Waals surface area (Å²) in [7, 11) is 0. The molecule has 4 rings (SSSR count). The van der Waals surface area contributed by atoms with Crippen LogP contribution >= 0.6 is 23.4 Å². The van der Waals surface area contributed by atoms with E-state index in [0.717, 1.165) is 27.3 Å². The Labute approximate surface area is 195 Å². The number of nitrogens with zero attached hydrogens (tertiary/aromatic N) is 3. The van der Waals surface area contributed by atoms with E-state index in [2.05, 4.69) is 14.9 Å². The van der Waals surface area contributed by atoms with Gasteiger partial charge in [-0.1, -0.05) is 41.6 Å². The molecule has 1 amide bonds. The van der Waals surface area contributed by atoms with E-state index in [4.69, 9.17) is 16.6 Å². The first kappa shape index (κ1) is 22.3. The molecule has 0 aliphatic carbocycles. The van der Waals surface area contributed by atoms with E-state index in [1.807, 2.05) is 44.2 Å². The van der Waals surface area contributed by atoms with E-state index in [1.54, 1.807) is 18.5 Å². The smallest absolute Gasteiger partial charge is 0.251 e. The molecule has 0 bridgehead atoms. The first-order chi connectivity index (χ1) is 15.4. The van der Waals surface area contributed by atoms with Crippen LogP contribution in [0, 0.1) is 5.82 Å². The first-order valence-corrected chi connectivity index (χ1v) is 11.5. The first-order valence-electron chi connectivity index (χ1n) is 10.2. The van der Waals surface area contributed by atoms with Gasteiger partial charge in [-0.3, -0.25) is 9.78 Å². The van der Waals surface area contributed by atoms with Crippen molar-refractivity contribution in [2.24, 2.45) is 0 Å². The van der Waals surface area contributed by atoms with Crippen LogP contribution < -0.4 is 5.32 Å². The van der Waals surface area contributed by atoms with Gasteiger partial charge in [0.1, 0.15) is 5.82 Å². The highest BCUT2D eigenvalue weighted by atomic mass is 35.5. The number of imidazole rings is 1. The Balaban J connectivity index is 1.58. The molecule has 2 aromatic heterocycles. The topological polar surface area (TPSA) is 59.8 Å². The molecule has 0 saturated carbocycles.